The molecule has 1 aromatic carbocycles. The number of benzene rings is 1. The molecule has 32 heavy (non-hydrogen) atoms. The van der Waals surface area contributed by atoms with Crippen molar-refractivity contribution >= 4 is 17.9 Å². The smallest absolute Gasteiger partial charge is 0.338 e. The normalized spacial score (nSPS) is 31.5. The van der Waals surface area contributed by atoms with Gasteiger partial charge >= 0.3 is 17.9 Å². The number of fused-ring (bicyclic) bond motifs is 3. The van der Waals surface area contributed by atoms with Gasteiger partial charge in [-0.05, 0) is 68.4 Å². The van der Waals surface area contributed by atoms with Gasteiger partial charge in [-0.1, -0.05) is 25.6 Å². The van der Waals surface area contributed by atoms with Crippen LogP contribution in [0, 0.1) is 11.8 Å². The van der Waals surface area contributed by atoms with Gasteiger partial charge in [0, 0.05) is 24.3 Å². The second-order valence-corrected chi connectivity index (χ2v) is 9.27. The highest BCUT2D eigenvalue weighted by Gasteiger charge is 2.56. The third-order valence-electron chi connectivity index (χ3n) is 7.29. The van der Waals surface area contributed by atoms with Gasteiger partial charge in [-0.15, -0.1) is 0 Å². The van der Waals surface area contributed by atoms with Gasteiger partial charge < -0.3 is 14.2 Å². The highest BCUT2D eigenvalue weighted by Crippen LogP contribution is 2.53. The lowest BCUT2D eigenvalue weighted by Gasteiger charge is -2.35. The minimum absolute atomic E-state index is 0.164. The van der Waals surface area contributed by atoms with Gasteiger partial charge in [-0.25, -0.2) is 9.59 Å². The van der Waals surface area contributed by atoms with Crippen LogP contribution in [0.15, 0.2) is 47.6 Å². The summed E-state index contributed by atoms with van der Waals surface area (Å²) in [6.45, 7) is 11.2. The van der Waals surface area contributed by atoms with Gasteiger partial charge in [0.15, 0.2) is 0 Å². The summed E-state index contributed by atoms with van der Waals surface area (Å²) in [5, 5.41) is 0. The van der Waals surface area contributed by atoms with Crippen LogP contribution in [0.1, 0.15) is 62.9 Å². The fourth-order valence-corrected chi connectivity index (χ4v) is 5.47. The summed E-state index contributed by atoms with van der Waals surface area (Å²) in [5.74, 6) is -1.51. The standard InChI is InChI=1S/C26H30O6/c1-6-17-7-9-18(10-8-17)25(29)30-21-13-20-22(15(21)3)23-19(14(2)24(28)31-23)11-12-26(20,5)32-16(4)27/h7-10,19-21,23H,2,6,11-13H2,1,3-5H3/t19-,20?,21-,23-,26+/m0/s1. The van der Waals surface area contributed by atoms with Gasteiger partial charge in [-0.3, -0.25) is 4.79 Å². The molecular formula is C26H30O6. The third-order valence-corrected chi connectivity index (χ3v) is 7.29. The van der Waals surface area contributed by atoms with Crippen LogP contribution in [0.4, 0.5) is 0 Å². The minimum Gasteiger partial charge on any atom is -0.459 e. The van der Waals surface area contributed by atoms with Gasteiger partial charge in [0.2, 0.25) is 0 Å². The lowest BCUT2D eigenvalue weighted by molar-refractivity contribution is -0.161. The van der Waals surface area contributed by atoms with Crippen LogP contribution < -0.4 is 0 Å². The summed E-state index contributed by atoms with van der Waals surface area (Å²) in [4.78, 5) is 37.1. The van der Waals surface area contributed by atoms with E-state index in [1.165, 1.54) is 6.92 Å². The first kappa shape index (κ1) is 22.3. The van der Waals surface area contributed by atoms with Crippen molar-refractivity contribution in [2.24, 2.45) is 11.8 Å². The van der Waals surface area contributed by atoms with Crippen molar-refractivity contribution in [1.82, 2.24) is 0 Å². The van der Waals surface area contributed by atoms with Crippen LogP contribution in [0.2, 0.25) is 0 Å². The van der Waals surface area contributed by atoms with Crippen molar-refractivity contribution < 1.29 is 28.6 Å². The monoisotopic (exact) mass is 438 g/mol. The quantitative estimate of drug-likeness (QED) is 0.301. The first-order valence-electron chi connectivity index (χ1n) is 11.2. The lowest BCUT2D eigenvalue weighted by Crippen LogP contribution is -2.40. The van der Waals surface area contributed by atoms with Crippen molar-refractivity contribution in [3.8, 4) is 0 Å². The molecule has 5 atom stereocenters. The Morgan fingerprint density at radius 1 is 1.25 bits per heavy atom. The van der Waals surface area contributed by atoms with E-state index in [1.807, 2.05) is 26.0 Å². The number of ether oxygens (including phenoxy) is 3. The van der Waals surface area contributed by atoms with E-state index < -0.39 is 23.8 Å². The van der Waals surface area contributed by atoms with E-state index in [1.54, 1.807) is 12.1 Å². The molecule has 170 valence electrons. The highest BCUT2D eigenvalue weighted by molar-refractivity contribution is 5.91. The second-order valence-electron chi connectivity index (χ2n) is 9.27. The topological polar surface area (TPSA) is 78.9 Å². The molecule has 0 amide bonds. The van der Waals surface area contributed by atoms with Gasteiger partial charge in [-0.2, -0.15) is 0 Å². The average Bonchev–Trinajstić information content (AvgIpc) is 3.18. The molecular weight excluding hydrogens is 408 g/mol. The van der Waals surface area contributed by atoms with E-state index in [0.29, 0.717) is 30.4 Å². The molecule has 0 N–H and O–H groups in total. The molecule has 1 aromatic rings. The fraction of sp³-hybridized carbons (Fsp3) is 0.500. The van der Waals surface area contributed by atoms with Crippen molar-refractivity contribution in [2.45, 2.75) is 71.2 Å². The first-order valence-corrected chi connectivity index (χ1v) is 11.2. The SMILES string of the molecule is C=C1C(=O)O[C@@H]2C3=C(C)[C@@H](OC(=O)c4ccc(CC)cc4)CC3[C@](C)(OC(C)=O)CC[C@@H]12. The summed E-state index contributed by atoms with van der Waals surface area (Å²) < 4.78 is 17.5. The van der Waals surface area contributed by atoms with Crippen LogP contribution in [-0.4, -0.2) is 35.7 Å². The zero-order valence-corrected chi connectivity index (χ0v) is 19.1. The van der Waals surface area contributed by atoms with Crippen molar-refractivity contribution in [3.05, 3.63) is 58.7 Å². The van der Waals surface area contributed by atoms with Crippen molar-refractivity contribution in [2.75, 3.05) is 0 Å². The molecule has 0 spiro atoms. The zero-order chi connectivity index (χ0) is 23.2. The summed E-state index contributed by atoms with van der Waals surface area (Å²) in [6.07, 6.45) is 1.66. The zero-order valence-electron chi connectivity index (χ0n) is 19.1. The van der Waals surface area contributed by atoms with Crippen molar-refractivity contribution in [3.63, 3.8) is 0 Å². The Morgan fingerprint density at radius 3 is 2.56 bits per heavy atom. The molecule has 1 saturated carbocycles. The summed E-state index contributed by atoms with van der Waals surface area (Å²) in [5.41, 5.74) is 3.10. The van der Waals surface area contributed by atoms with Crippen LogP contribution >= 0.6 is 0 Å². The van der Waals surface area contributed by atoms with Gasteiger partial charge in [0.05, 0.1) is 5.56 Å². The largest absolute Gasteiger partial charge is 0.459 e. The molecule has 6 heteroatoms. The van der Waals surface area contributed by atoms with E-state index in [0.717, 1.165) is 23.1 Å². The molecule has 2 aliphatic carbocycles. The second kappa shape index (κ2) is 8.23. The number of aryl methyl sites for hydroxylation is 1. The van der Waals surface area contributed by atoms with Crippen LogP contribution in [0.25, 0.3) is 0 Å². The number of carbonyl (C=O) groups excluding carboxylic acids is 3. The Kier molecular flexibility index (Phi) is 5.74. The Bertz CT molecular complexity index is 1000. The predicted molar refractivity (Wildman–Crippen MR) is 118 cm³/mol. The molecule has 1 saturated heterocycles. The van der Waals surface area contributed by atoms with Crippen LogP contribution in [-0.2, 0) is 30.2 Å². The summed E-state index contributed by atoms with van der Waals surface area (Å²) in [7, 11) is 0. The van der Waals surface area contributed by atoms with Crippen molar-refractivity contribution in [1.29, 1.82) is 0 Å². The summed E-state index contributed by atoms with van der Waals surface area (Å²) in [6, 6.07) is 7.40. The molecule has 0 aromatic heterocycles. The fourth-order valence-electron chi connectivity index (χ4n) is 5.47. The van der Waals surface area contributed by atoms with E-state index in [-0.39, 0.29) is 23.8 Å². The number of carbonyl (C=O) groups is 3. The summed E-state index contributed by atoms with van der Waals surface area (Å²) >= 11 is 0. The third kappa shape index (κ3) is 3.76. The number of esters is 3. The van der Waals surface area contributed by atoms with Gasteiger partial charge in [0.25, 0.3) is 0 Å². The van der Waals surface area contributed by atoms with E-state index in [9.17, 15) is 14.4 Å². The van der Waals surface area contributed by atoms with E-state index in [2.05, 4.69) is 13.5 Å². The van der Waals surface area contributed by atoms with E-state index >= 15 is 0 Å². The first-order chi connectivity index (χ1) is 15.1. The molecule has 0 radical (unpaired) electrons. The molecule has 6 nitrogen and oxygen atoms in total. The molecule has 3 aliphatic rings. The van der Waals surface area contributed by atoms with Gasteiger partial charge in [0.1, 0.15) is 17.8 Å². The van der Waals surface area contributed by atoms with Crippen LogP contribution in [0.5, 0.6) is 0 Å². The Morgan fingerprint density at radius 2 is 1.94 bits per heavy atom. The maximum Gasteiger partial charge on any atom is 0.338 e. The molecule has 0 bridgehead atoms. The minimum atomic E-state index is -0.774. The maximum absolute atomic E-state index is 12.9. The molecule has 1 aliphatic heterocycles. The van der Waals surface area contributed by atoms with E-state index in [4.69, 9.17) is 14.2 Å². The Hall–Kier alpha value is -2.89. The number of rotatable bonds is 4. The average molecular weight is 439 g/mol. The van der Waals surface area contributed by atoms with Crippen LogP contribution in [0.3, 0.4) is 0 Å². The lowest BCUT2D eigenvalue weighted by atomic mass is 9.81. The number of hydrogen-bond donors (Lipinski definition) is 0. The number of hydrogen-bond acceptors (Lipinski definition) is 6. The molecule has 1 heterocycles. The molecule has 2 fully saturated rings. The Labute approximate surface area is 188 Å². The highest BCUT2D eigenvalue weighted by atomic mass is 16.6. The molecule has 4 rings (SSSR count). The maximum atomic E-state index is 12.9. The molecule has 1 unspecified atom stereocenters. The predicted octanol–water partition coefficient (Wildman–Crippen LogP) is 4.32. The Balaban J connectivity index is 1.66.